The Bertz CT molecular complexity index is 1060. The first kappa shape index (κ1) is 26.1. The van der Waals surface area contributed by atoms with Crippen molar-refractivity contribution in [3.63, 3.8) is 0 Å². The van der Waals surface area contributed by atoms with E-state index in [1.165, 1.54) is 16.7 Å². The van der Waals surface area contributed by atoms with Crippen LogP contribution >= 0.6 is 0 Å². The summed E-state index contributed by atoms with van der Waals surface area (Å²) in [4.78, 5) is 25.3. The van der Waals surface area contributed by atoms with E-state index in [1.54, 1.807) is 0 Å². The number of hydrogen-bond donors (Lipinski definition) is 2. The Labute approximate surface area is 211 Å². The molecule has 4 aliphatic carbocycles. The highest BCUT2D eigenvalue weighted by Gasteiger charge is 2.65. The third-order valence-corrected chi connectivity index (χ3v) is 10.8. The summed E-state index contributed by atoms with van der Waals surface area (Å²) in [6, 6.07) is 0. The predicted octanol–water partition coefficient (Wildman–Crippen LogP) is 6.66. The van der Waals surface area contributed by atoms with Crippen molar-refractivity contribution in [1.29, 1.82) is 0 Å². The summed E-state index contributed by atoms with van der Waals surface area (Å²) in [5.74, 6) is -1.13. The number of allylic oxidation sites excluding steroid dienone is 7. The molecule has 0 heterocycles. The molecule has 6 atom stereocenters. The third kappa shape index (κ3) is 3.57. The number of fused-ring (bicyclic) bond motifs is 5. The summed E-state index contributed by atoms with van der Waals surface area (Å²) in [7, 11) is 0. The van der Waals surface area contributed by atoms with Crippen molar-refractivity contribution in [2.75, 3.05) is 0 Å². The summed E-state index contributed by atoms with van der Waals surface area (Å²) in [5, 5.41) is 21.7. The molecule has 0 unspecified atom stereocenters. The van der Waals surface area contributed by atoms with Crippen LogP contribution in [-0.4, -0.2) is 28.1 Å². The SMILES string of the molecule is C=C(CC[C@@H](C(=O)O)[C@H]1[C@H](O)C[C@@]2(C)C3=CC=C4C(C)(C)C(=O)CC[C@]4(C)C3=CC[C@]12C)C(C)C. The van der Waals surface area contributed by atoms with Gasteiger partial charge in [0.15, 0.2) is 0 Å². The minimum atomic E-state index is -0.815. The van der Waals surface area contributed by atoms with E-state index in [0.29, 0.717) is 37.4 Å². The molecule has 2 fully saturated rings. The Morgan fingerprint density at radius 3 is 2.40 bits per heavy atom. The summed E-state index contributed by atoms with van der Waals surface area (Å²) < 4.78 is 0. The Morgan fingerprint density at radius 2 is 1.80 bits per heavy atom. The zero-order valence-corrected chi connectivity index (χ0v) is 22.7. The summed E-state index contributed by atoms with van der Waals surface area (Å²) >= 11 is 0. The van der Waals surface area contributed by atoms with Crippen LogP contribution in [0.3, 0.4) is 0 Å². The number of carbonyl (C=O) groups is 2. The minimum Gasteiger partial charge on any atom is -0.481 e. The molecule has 0 amide bonds. The highest BCUT2D eigenvalue weighted by atomic mass is 16.4. The van der Waals surface area contributed by atoms with Crippen molar-refractivity contribution in [2.24, 2.45) is 39.4 Å². The van der Waals surface area contributed by atoms with Gasteiger partial charge in [-0.05, 0) is 74.0 Å². The van der Waals surface area contributed by atoms with Gasteiger partial charge in [0, 0.05) is 28.6 Å². The average molecular weight is 481 g/mol. The Morgan fingerprint density at radius 1 is 1.14 bits per heavy atom. The van der Waals surface area contributed by atoms with Gasteiger partial charge in [0.25, 0.3) is 0 Å². The van der Waals surface area contributed by atoms with Gasteiger partial charge in [0.2, 0.25) is 0 Å². The number of aliphatic hydroxyl groups is 1. The molecule has 4 heteroatoms. The molecule has 0 bridgehead atoms. The maximum atomic E-state index is 12.8. The van der Waals surface area contributed by atoms with E-state index >= 15 is 0 Å². The van der Waals surface area contributed by atoms with Gasteiger partial charge in [-0.25, -0.2) is 0 Å². The number of Topliss-reactive ketones (excluding diaryl/α,β-unsaturated/α-hetero) is 1. The van der Waals surface area contributed by atoms with Crippen LogP contribution < -0.4 is 0 Å². The first-order valence-electron chi connectivity index (χ1n) is 13.4. The molecule has 2 N–H and O–H groups in total. The number of carboxylic acids is 1. The van der Waals surface area contributed by atoms with Crippen molar-refractivity contribution in [3.8, 4) is 0 Å². The second kappa shape index (κ2) is 8.30. The lowest BCUT2D eigenvalue weighted by atomic mass is 9.47. The van der Waals surface area contributed by atoms with Crippen molar-refractivity contribution >= 4 is 11.8 Å². The van der Waals surface area contributed by atoms with Crippen LogP contribution in [-0.2, 0) is 9.59 Å². The predicted molar refractivity (Wildman–Crippen MR) is 140 cm³/mol. The molecular formula is C31H44O4. The quantitative estimate of drug-likeness (QED) is 0.417. The number of aliphatic carboxylic acids is 1. The van der Waals surface area contributed by atoms with E-state index in [1.807, 2.05) is 13.8 Å². The fraction of sp³-hybridized carbons (Fsp3) is 0.677. The van der Waals surface area contributed by atoms with Gasteiger partial charge < -0.3 is 10.2 Å². The molecule has 0 aromatic rings. The molecule has 2 saturated carbocycles. The lowest BCUT2D eigenvalue weighted by molar-refractivity contribution is -0.148. The highest BCUT2D eigenvalue weighted by molar-refractivity contribution is 5.90. The van der Waals surface area contributed by atoms with Crippen LogP contribution in [0.2, 0.25) is 0 Å². The average Bonchev–Trinajstić information content (AvgIpc) is 2.97. The Hall–Kier alpha value is -1.94. The van der Waals surface area contributed by atoms with Crippen LogP contribution in [0.4, 0.5) is 0 Å². The molecule has 0 spiro atoms. The molecule has 4 aliphatic rings. The van der Waals surface area contributed by atoms with Crippen LogP contribution in [0.1, 0.15) is 87.0 Å². The van der Waals surface area contributed by atoms with Crippen molar-refractivity contribution in [2.45, 2.75) is 93.1 Å². The van der Waals surface area contributed by atoms with Crippen LogP contribution in [0.25, 0.3) is 0 Å². The minimum absolute atomic E-state index is 0.198. The van der Waals surface area contributed by atoms with E-state index in [0.717, 1.165) is 18.4 Å². The third-order valence-electron chi connectivity index (χ3n) is 10.8. The molecule has 4 rings (SSSR count). The van der Waals surface area contributed by atoms with Crippen molar-refractivity contribution in [3.05, 3.63) is 47.1 Å². The molecule has 0 aromatic heterocycles. The van der Waals surface area contributed by atoms with Crippen LogP contribution in [0, 0.1) is 39.4 Å². The number of carboxylic acid groups (broad SMARTS) is 1. The van der Waals surface area contributed by atoms with Crippen molar-refractivity contribution < 1.29 is 19.8 Å². The zero-order chi connectivity index (χ0) is 26.1. The lowest BCUT2D eigenvalue weighted by Crippen LogP contribution is -2.50. The molecule has 35 heavy (non-hydrogen) atoms. The monoisotopic (exact) mass is 480 g/mol. The molecule has 0 aliphatic heterocycles. The maximum absolute atomic E-state index is 12.8. The van der Waals surface area contributed by atoms with E-state index < -0.39 is 23.4 Å². The maximum Gasteiger partial charge on any atom is 0.306 e. The van der Waals surface area contributed by atoms with E-state index in [-0.39, 0.29) is 22.2 Å². The van der Waals surface area contributed by atoms with Gasteiger partial charge in [-0.15, -0.1) is 0 Å². The largest absolute Gasteiger partial charge is 0.481 e. The van der Waals surface area contributed by atoms with Gasteiger partial charge in [-0.3, -0.25) is 9.59 Å². The summed E-state index contributed by atoms with van der Waals surface area (Å²) in [6.45, 7) is 19.1. The molecule has 192 valence electrons. The fourth-order valence-electron chi connectivity index (χ4n) is 8.15. The molecular weight excluding hydrogens is 436 g/mol. The number of rotatable bonds is 6. The van der Waals surface area contributed by atoms with E-state index in [9.17, 15) is 19.8 Å². The Balaban J connectivity index is 1.77. The van der Waals surface area contributed by atoms with Gasteiger partial charge in [-0.2, -0.15) is 0 Å². The molecule has 0 saturated heterocycles. The number of aliphatic hydroxyl groups excluding tert-OH is 1. The molecule has 0 radical (unpaired) electrons. The highest BCUT2D eigenvalue weighted by Crippen LogP contribution is 2.70. The van der Waals surface area contributed by atoms with Gasteiger partial charge in [0.1, 0.15) is 5.78 Å². The van der Waals surface area contributed by atoms with Gasteiger partial charge >= 0.3 is 5.97 Å². The fourth-order valence-corrected chi connectivity index (χ4v) is 8.15. The van der Waals surface area contributed by atoms with E-state index in [2.05, 4.69) is 59.4 Å². The number of carbonyl (C=O) groups excluding carboxylic acids is 1. The topological polar surface area (TPSA) is 74.6 Å². The number of ketones is 1. The Kier molecular flexibility index (Phi) is 6.19. The standard InChI is InChI=1S/C31H44O4/c1-18(2)19(3)9-10-20(27(34)35)26-23(32)17-31(8)22-11-12-24-28(4,5)25(33)14-15-29(24,6)21(22)13-16-30(26,31)7/h11-13,18,20,23,26,32H,3,9-10,14-17H2,1-2,4-8H3,(H,34,35)/t20-,23-,26+,29-,30-,31+/m1/s1. The van der Waals surface area contributed by atoms with Crippen LogP contribution in [0.5, 0.6) is 0 Å². The first-order chi connectivity index (χ1) is 16.1. The molecule has 4 nitrogen and oxygen atoms in total. The number of hydrogen-bond acceptors (Lipinski definition) is 3. The molecule has 0 aromatic carbocycles. The van der Waals surface area contributed by atoms with Crippen molar-refractivity contribution in [1.82, 2.24) is 0 Å². The second-order valence-corrected chi connectivity index (χ2v) is 13.2. The van der Waals surface area contributed by atoms with Crippen LogP contribution in [0.15, 0.2) is 47.1 Å². The van der Waals surface area contributed by atoms with E-state index in [4.69, 9.17) is 0 Å². The second-order valence-electron chi connectivity index (χ2n) is 13.2. The summed E-state index contributed by atoms with van der Waals surface area (Å²) in [6.07, 6.45) is 9.86. The lowest BCUT2D eigenvalue weighted by Gasteiger charge is -2.56. The smallest absolute Gasteiger partial charge is 0.306 e. The zero-order valence-electron chi connectivity index (χ0n) is 22.7. The van der Waals surface area contributed by atoms with Gasteiger partial charge in [0.05, 0.1) is 12.0 Å². The van der Waals surface area contributed by atoms with Gasteiger partial charge in [-0.1, -0.05) is 65.0 Å². The first-order valence-corrected chi connectivity index (χ1v) is 13.4. The summed E-state index contributed by atoms with van der Waals surface area (Å²) in [5.41, 5.74) is 3.40. The normalized spacial score (nSPS) is 38.5.